The van der Waals surface area contributed by atoms with Crippen molar-refractivity contribution in [1.29, 1.82) is 0 Å². The van der Waals surface area contributed by atoms with Crippen LogP contribution >= 0.6 is 34.8 Å². The summed E-state index contributed by atoms with van der Waals surface area (Å²) in [6.45, 7) is -0.122. The molecule has 2 aromatic heterocycles. The molecule has 1 aliphatic carbocycles. The first-order valence-corrected chi connectivity index (χ1v) is 28.3. The van der Waals surface area contributed by atoms with Gasteiger partial charge in [-0.05, 0) is 54.7 Å². The van der Waals surface area contributed by atoms with Gasteiger partial charge in [-0.25, -0.2) is 23.0 Å². The zero-order valence-corrected chi connectivity index (χ0v) is 43.9. The number of aliphatic hydroxyl groups excluding tert-OH is 2. The number of nitrogens with zero attached hydrogens (tertiary/aromatic N) is 5. The fourth-order valence-corrected chi connectivity index (χ4v) is 12.3. The van der Waals surface area contributed by atoms with E-state index in [-0.39, 0.29) is 54.4 Å². The summed E-state index contributed by atoms with van der Waals surface area (Å²) in [7, 11) is -9.43. The van der Waals surface area contributed by atoms with Crippen LogP contribution in [0, 0.1) is 0 Å². The van der Waals surface area contributed by atoms with Gasteiger partial charge < -0.3 is 61.1 Å². The van der Waals surface area contributed by atoms with Crippen molar-refractivity contribution < 1.29 is 71.0 Å². The second kappa shape index (κ2) is 23.6. The molecule has 2 aliphatic heterocycles. The number of benzene rings is 3. The molecule has 7 atom stereocenters. The Morgan fingerprint density at radius 2 is 1.62 bits per heavy atom. The summed E-state index contributed by atoms with van der Waals surface area (Å²) in [4.78, 5) is 91.8. The molecule has 400 valence electrons. The summed E-state index contributed by atoms with van der Waals surface area (Å²) in [5.74, 6) is -0.775. The van der Waals surface area contributed by atoms with E-state index in [2.05, 4.69) is 89.9 Å². The summed E-state index contributed by atoms with van der Waals surface area (Å²) in [5.41, 5.74) is 9.04. The first-order valence-electron chi connectivity index (χ1n) is 23.0. The summed E-state index contributed by atoms with van der Waals surface area (Å²) in [6.07, 6.45) is -3.67. The number of hydrogen-bond donors (Lipinski definition) is 10. The van der Waals surface area contributed by atoms with Gasteiger partial charge in [0.05, 0.1) is 6.61 Å². The van der Waals surface area contributed by atoms with E-state index in [1.165, 1.54) is 0 Å². The number of nitrogens with one attached hydrogen (secondary N) is 4. The minimum absolute atomic E-state index is 0.0499. The molecule has 0 spiro atoms. The molecule has 2 aromatic carbocycles. The number of imidazole rings is 1. The SMILES string of the molecule is CN(C)c1ccc2c(-c3ccccc3C(=O)NCCCC(=O)NCCCCCCNc3nc4c(=O)[nH]c(N)nc4n3[C@@H]3O[C@H](COP(=O)(O)OP(=O)(O)OP(=O)([O-])O)[C@@H](O)[C@H]3O)c3ccc(=[N+](C)C)cc-3sc2c1. The number of anilines is 3. The topological polar surface area (TPSA) is 378 Å². The predicted molar refractivity (Wildman–Crippen MR) is 273 cm³/mol. The van der Waals surface area contributed by atoms with Crippen molar-refractivity contribution in [2.24, 2.45) is 0 Å². The Hall–Kier alpha value is -5.47. The number of fused-ring (bicyclic) bond motifs is 3. The first-order chi connectivity index (χ1) is 34.9. The summed E-state index contributed by atoms with van der Waals surface area (Å²) in [5, 5.41) is 32.8. The fraction of sp³-hybridized carbons (Fsp3) is 0.409. The summed E-state index contributed by atoms with van der Waals surface area (Å²) >= 11 is 1.71. The highest BCUT2D eigenvalue weighted by Gasteiger charge is 2.47. The lowest BCUT2D eigenvalue weighted by Crippen LogP contribution is -2.34. The number of aromatic nitrogens is 4. The molecule has 2 amide bonds. The Balaban J connectivity index is 0.875. The average molecular weight is 1110 g/mol. The normalized spacial score (nSPS) is 19.2. The monoisotopic (exact) mass is 1110 g/mol. The molecule has 0 saturated carbocycles. The smallest absolute Gasteiger partial charge is 0.487 e. The average Bonchev–Trinajstić information content (AvgIpc) is 3.82. The molecule has 11 N–H and O–H groups in total. The highest BCUT2D eigenvalue weighted by molar-refractivity contribution is 7.66. The molecule has 3 unspecified atom stereocenters. The van der Waals surface area contributed by atoms with Crippen LogP contribution in [-0.4, -0.2) is 129 Å². The van der Waals surface area contributed by atoms with E-state index in [1.807, 2.05) is 52.5 Å². The molecule has 74 heavy (non-hydrogen) atoms. The predicted octanol–water partition coefficient (Wildman–Crippen LogP) is 2.42. The summed E-state index contributed by atoms with van der Waals surface area (Å²) in [6, 6.07) is 20.3. The van der Waals surface area contributed by atoms with Crippen LogP contribution in [0.4, 0.5) is 17.6 Å². The number of carbonyl (C=O) groups is 2. The molecule has 1 saturated heterocycles. The minimum Gasteiger partial charge on any atom is -0.756 e. The number of carbonyl (C=O) groups excluding carboxylic acids is 2. The molecule has 26 nitrogen and oxygen atoms in total. The number of H-pyrrole nitrogens is 1. The van der Waals surface area contributed by atoms with Gasteiger partial charge in [0, 0.05) is 84.1 Å². The highest BCUT2D eigenvalue weighted by Crippen LogP contribution is 2.65. The van der Waals surface area contributed by atoms with Gasteiger partial charge in [0.1, 0.15) is 32.4 Å². The second-order valence-electron chi connectivity index (χ2n) is 17.6. The Labute approximate surface area is 426 Å². The van der Waals surface area contributed by atoms with Crippen molar-refractivity contribution in [1.82, 2.24) is 34.7 Å². The molecular formula is C44H57N10O16P3S. The van der Waals surface area contributed by atoms with Crippen LogP contribution in [0.2, 0.25) is 0 Å². The van der Waals surface area contributed by atoms with Gasteiger partial charge in [-0.1, -0.05) is 37.1 Å². The lowest BCUT2D eigenvalue weighted by Gasteiger charge is -2.21. The van der Waals surface area contributed by atoms with E-state index in [4.69, 9.17) is 15.4 Å². The van der Waals surface area contributed by atoms with Gasteiger partial charge in [-0.2, -0.15) is 9.29 Å². The molecular weight excluding hydrogens is 1050 g/mol. The van der Waals surface area contributed by atoms with Crippen molar-refractivity contribution in [2.45, 2.75) is 63.1 Å². The number of aliphatic hydroxyl groups is 2. The van der Waals surface area contributed by atoms with Gasteiger partial charge in [0.15, 0.2) is 17.4 Å². The van der Waals surface area contributed by atoms with Gasteiger partial charge in [0.2, 0.25) is 23.2 Å². The molecule has 30 heteroatoms. The fourth-order valence-electron chi connectivity index (χ4n) is 8.19. The maximum absolute atomic E-state index is 13.8. The number of amides is 2. The third-order valence-electron chi connectivity index (χ3n) is 11.7. The van der Waals surface area contributed by atoms with Gasteiger partial charge in [-0.15, -0.1) is 11.3 Å². The number of nitrogens with two attached hydrogens (primary N) is 1. The molecule has 0 radical (unpaired) electrons. The number of nitrogen functional groups attached to an aromatic ring is 1. The summed E-state index contributed by atoms with van der Waals surface area (Å²) < 4.78 is 56.6. The van der Waals surface area contributed by atoms with E-state index in [0.717, 1.165) is 53.7 Å². The number of phosphoric ester groups is 1. The lowest BCUT2D eigenvalue weighted by atomic mass is 9.91. The maximum Gasteiger partial charge on any atom is 0.487 e. The van der Waals surface area contributed by atoms with E-state index in [1.54, 1.807) is 11.3 Å². The zero-order valence-electron chi connectivity index (χ0n) is 40.4. The molecule has 1 fully saturated rings. The largest absolute Gasteiger partial charge is 0.756 e. The second-order valence-corrected chi connectivity index (χ2v) is 23.0. The maximum atomic E-state index is 13.8. The molecule has 0 bridgehead atoms. The van der Waals surface area contributed by atoms with Crippen molar-refractivity contribution >= 4 is 85.5 Å². The minimum atomic E-state index is -5.90. The van der Waals surface area contributed by atoms with E-state index in [9.17, 15) is 53.0 Å². The van der Waals surface area contributed by atoms with Gasteiger partial charge in [-0.3, -0.25) is 33.0 Å². The lowest BCUT2D eigenvalue weighted by molar-refractivity contribution is -0.212. The molecule has 3 aliphatic rings. The Kier molecular flexibility index (Phi) is 17.9. The molecule has 4 aromatic rings. The van der Waals surface area contributed by atoms with Crippen LogP contribution in [0.25, 0.3) is 42.8 Å². The van der Waals surface area contributed by atoms with Gasteiger partial charge in [0.25, 0.3) is 19.3 Å². The third kappa shape index (κ3) is 13.9. The Bertz CT molecular complexity index is 3290. The van der Waals surface area contributed by atoms with E-state index in [0.29, 0.717) is 37.8 Å². The van der Waals surface area contributed by atoms with Crippen LogP contribution in [0.15, 0.2) is 65.5 Å². The van der Waals surface area contributed by atoms with Crippen LogP contribution in [0.1, 0.15) is 55.1 Å². The number of phosphoric acid groups is 3. The third-order valence-corrected chi connectivity index (χ3v) is 16.6. The van der Waals surface area contributed by atoms with Crippen LogP contribution < -0.4 is 47.0 Å². The van der Waals surface area contributed by atoms with Crippen LogP contribution in [0.5, 0.6) is 0 Å². The Morgan fingerprint density at radius 3 is 2.34 bits per heavy atom. The molecule has 4 heterocycles. The first kappa shape index (κ1) is 56.3. The van der Waals surface area contributed by atoms with E-state index < -0.39 is 60.2 Å². The highest BCUT2D eigenvalue weighted by atomic mass is 32.1. The standard InChI is InChI=1S/C44H57N10O16P3S/c1-52(2)25-15-17-29-32(22-25)74-33-23-26(53(3)4)16-18-30(33)35(29)27-12-7-8-13-28(27)40(58)47-21-11-14-34(55)46-19-9-5-6-10-20-48-44-49-36-39(50-43(45)51-41(36)59)54(44)42-38(57)37(56)31(68-42)24-67-72(63,64)70-73(65,66)69-71(60,61)62/h7-8,12-13,15-18,22-23,31,37-38,42,47,56-57H,5-6,9-11,14,19-21,24H2,1-4H3,(H8,45,46,51,55,58,59,60,61,62,63,64,65,66)/t31-,37-,38-,42-/m1/s1. The number of ether oxygens (including phenoxy) is 1. The number of rotatable bonds is 23. The van der Waals surface area contributed by atoms with Crippen molar-refractivity contribution in [3.8, 4) is 21.6 Å². The zero-order chi connectivity index (χ0) is 53.7. The van der Waals surface area contributed by atoms with Crippen LogP contribution in [0.3, 0.4) is 0 Å². The van der Waals surface area contributed by atoms with E-state index >= 15 is 0 Å². The quantitative estimate of drug-likeness (QED) is 0.0191. The van der Waals surface area contributed by atoms with Crippen molar-refractivity contribution in [3.05, 3.63) is 81.9 Å². The van der Waals surface area contributed by atoms with Crippen molar-refractivity contribution in [2.75, 3.05) is 70.4 Å². The number of aromatic amines is 1. The number of hydrogen-bond acceptors (Lipinski definition) is 19. The van der Waals surface area contributed by atoms with Gasteiger partial charge >= 0.3 is 15.6 Å². The van der Waals surface area contributed by atoms with Crippen molar-refractivity contribution in [3.63, 3.8) is 0 Å². The molecule has 7 rings (SSSR count). The van der Waals surface area contributed by atoms with Crippen LogP contribution in [-0.2, 0) is 36.4 Å². The number of unbranched alkanes of at least 4 members (excludes halogenated alkanes) is 3. The Morgan fingerprint density at radius 1 is 0.905 bits per heavy atom.